The average Bonchev–Trinajstić information content (AvgIpc) is 3.41. The first-order valence-corrected chi connectivity index (χ1v) is 12.2. The normalized spacial score (nSPS) is 22.1. The molecule has 200 valence electrons. The number of fused-ring (bicyclic) bond motifs is 1. The number of ether oxygens (including phenoxy) is 1. The molecule has 5 N–H and O–H groups in total. The first-order valence-electron chi connectivity index (χ1n) is 12.2. The van der Waals surface area contributed by atoms with Gasteiger partial charge in [-0.3, -0.25) is 4.57 Å². The van der Waals surface area contributed by atoms with Crippen LogP contribution in [0.2, 0.25) is 0 Å². The number of hydrogen-bond donors (Lipinski definition) is 4. The van der Waals surface area contributed by atoms with Crippen molar-refractivity contribution in [1.29, 1.82) is 0 Å². The minimum atomic E-state index is -1.75. The molecule has 1 fully saturated rings. The van der Waals surface area contributed by atoms with Gasteiger partial charge in [-0.2, -0.15) is 0 Å². The van der Waals surface area contributed by atoms with Crippen molar-refractivity contribution in [3.8, 4) is 0 Å². The maximum Gasteiger partial charge on any atom is 0.321 e. The Morgan fingerprint density at radius 3 is 2.59 bits per heavy atom. The number of aromatic nitrogens is 4. The van der Waals surface area contributed by atoms with Crippen molar-refractivity contribution in [3.63, 3.8) is 0 Å². The fourth-order valence-electron chi connectivity index (χ4n) is 4.30. The number of nitrogens with one attached hydrogen (secondary N) is 1. The first-order chi connectivity index (χ1) is 17.4. The van der Waals surface area contributed by atoms with Gasteiger partial charge in [-0.05, 0) is 30.2 Å². The van der Waals surface area contributed by atoms with Crippen molar-refractivity contribution < 1.29 is 19.7 Å². The number of anilines is 2. The minimum absolute atomic E-state index is 0.0468. The number of nitrogen functional groups attached to an aromatic ring is 1. The Hall–Kier alpha value is -3.32. The van der Waals surface area contributed by atoms with E-state index in [1.165, 1.54) is 22.8 Å². The van der Waals surface area contributed by atoms with Gasteiger partial charge in [0.1, 0.15) is 24.1 Å². The quantitative estimate of drug-likeness (QED) is 0.365. The number of benzene rings is 1. The van der Waals surface area contributed by atoms with Crippen molar-refractivity contribution >= 4 is 28.7 Å². The molecule has 4 rings (SSSR count). The Labute approximate surface area is 216 Å². The highest BCUT2D eigenvalue weighted by molar-refractivity contribution is 5.89. The van der Waals surface area contributed by atoms with Crippen LogP contribution < -0.4 is 11.1 Å². The van der Waals surface area contributed by atoms with Crippen molar-refractivity contribution in [2.75, 3.05) is 51.4 Å². The molecule has 1 aliphatic heterocycles. The van der Waals surface area contributed by atoms with E-state index in [2.05, 4.69) is 41.0 Å². The molecule has 0 unspecified atom stereocenters. The van der Waals surface area contributed by atoms with Crippen LogP contribution in [0.5, 0.6) is 0 Å². The third kappa shape index (κ3) is 5.52. The zero-order valence-electron chi connectivity index (χ0n) is 21.9. The number of amides is 2. The van der Waals surface area contributed by atoms with Crippen LogP contribution in [-0.4, -0.2) is 98.1 Å². The van der Waals surface area contributed by atoms with Gasteiger partial charge in [0.05, 0.1) is 12.9 Å². The predicted octanol–water partition coefficient (Wildman–Crippen LogP) is 1.21. The number of likely N-dealkylation sites (N-methyl/N-ethyl adjacent to an activating group) is 2. The second-order valence-corrected chi connectivity index (χ2v) is 10.7. The van der Waals surface area contributed by atoms with Crippen molar-refractivity contribution in [2.24, 2.45) is 0 Å². The summed E-state index contributed by atoms with van der Waals surface area (Å²) in [7, 11) is 3.59. The van der Waals surface area contributed by atoms with Crippen LogP contribution in [0.15, 0.2) is 36.9 Å². The minimum Gasteiger partial charge on any atom is -0.385 e. The van der Waals surface area contributed by atoms with Crippen molar-refractivity contribution in [1.82, 2.24) is 29.3 Å². The van der Waals surface area contributed by atoms with E-state index in [0.29, 0.717) is 30.8 Å². The molecule has 37 heavy (non-hydrogen) atoms. The van der Waals surface area contributed by atoms with Gasteiger partial charge >= 0.3 is 6.03 Å². The fraction of sp³-hybridized carbons (Fsp3) is 0.520. The van der Waals surface area contributed by atoms with Gasteiger partial charge < -0.3 is 35.8 Å². The van der Waals surface area contributed by atoms with Crippen LogP contribution in [0.1, 0.15) is 26.3 Å². The highest BCUT2D eigenvalue weighted by atomic mass is 16.5. The molecular weight excluding hydrogens is 476 g/mol. The van der Waals surface area contributed by atoms with E-state index in [0.717, 1.165) is 5.69 Å². The van der Waals surface area contributed by atoms with Gasteiger partial charge in [0.15, 0.2) is 17.2 Å². The van der Waals surface area contributed by atoms with Crippen LogP contribution in [0.25, 0.3) is 11.2 Å². The number of aliphatic hydroxyl groups excluding tert-OH is 1. The standard InChI is InChI=1S/C25H36N8O4/c1-24(2,3)16-6-8-17(9-7-16)30-23(35)32(5)11-10-31(4)12-18-20(34)25(36,13-37-18)33-15-29-19-21(26)27-14-28-22(19)33/h6-9,14-15,18,20,34,36H,10-13H2,1-5H3,(H,30,35)(H2,26,27,28)/t18-,20-,25-/m1/s1. The summed E-state index contributed by atoms with van der Waals surface area (Å²) < 4.78 is 7.14. The second-order valence-electron chi connectivity index (χ2n) is 10.7. The maximum absolute atomic E-state index is 12.6. The van der Waals surface area contributed by atoms with Crippen molar-refractivity contribution in [3.05, 3.63) is 42.5 Å². The molecule has 0 saturated carbocycles. The molecule has 3 heterocycles. The van der Waals surface area contributed by atoms with Gasteiger partial charge in [0.2, 0.25) is 0 Å². The van der Waals surface area contributed by atoms with E-state index in [4.69, 9.17) is 10.5 Å². The summed E-state index contributed by atoms with van der Waals surface area (Å²) in [4.78, 5) is 28.4. The van der Waals surface area contributed by atoms with E-state index >= 15 is 0 Å². The van der Waals surface area contributed by atoms with Crippen LogP contribution in [-0.2, 0) is 15.9 Å². The number of hydrogen-bond acceptors (Lipinski definition) is 9. The molecule has 2 amide bonds. The molecule has 0 spiro atoms. The van der Waals surface area contributed by atoms with E-state index < -0.39 is 17.9 Å². The van der Waals surface area contributed by atoms with Crippen LogP contribution in [0.3, 0.4) is 0 Å². The lowest BCUT2D eigenvalue weighted by atomic mass is 9.87. The lowest BCUT2D eigenvalue weighted by molar-refractivity contribution is -0.108. The number of nitrogens with two attached hydrogens (primary N) is 1. The number of urea groups is 1. The summed E-state index contributed by atoms with van der Waals surface area (Å²) >= 11 is 0. The van der Waals surface area contributed by atoms with E-state index in [1.807, 2.05) is 36.2 Å². The van der Waals surface area contributed by atoms with E-state index in [-0.39, 0.29) is 23.9 Å². The molecule has 0 bridgehead atoms. The largest absolute Gasteiger partial charge is 0.385 e. The van der Waals surface area contributed by atoms with Crippen LogP contribution >= 0.6 is 0 Å². The second kappa shape index (κ2) is 10.2. The maximum atomic E-state index is 12.6. The summed E-state index contributed by atoms with van der Waals surface area (Å²) in [5.74, 6) is 0.187. The van der Waals surface area contributed by atoms with Crippen LogP contribution in [0, 0.1) is 0 Å². The fourth-order valence-corrected chi connectivity index (χ4v) is 4.30. The summed E-state index contributed by atoms with van der Waals surface area (Å²) in [5, 5.41) is 25.1. The van der Waals surface area contributed by atoms with E-state index in [1.54, 1.807) is 11.9 Å². The topological polar surface area (TPSA) is 155 Å². The Bertz CT molecular complexity index is 1240. The first kappa shape index (κ1) is 26.7. The smallest absolute Gasteiger partial charge is 0.321 e. The molecule has 2 aromatic heterocycles. The molecular formula is C25H36N8O4. The number of carbonyl (C=O) groups is 1. The molecule has 3 aromatic rings. The van der Waals surface area contributed by atoms with Gasteiger partial charge in [0, 0.05) is 32.4 Å². The monoisotopic (exact) mass is 512 g/mol. The highest BCUT2D eigenvalue weighted by Crippen LogP contribution is 2.32. The third-order valence-corrected chi connectivity index (χ3v) is 6.77. The molecule has 1 aliphatic rings. The lowest BCUT2D eigenvalue weighted by Gasteiger charge is -2.29. The SMILES string of the molecule is CN(CCN(C)C(=O)Nc1ccc(C(C)(C)C)cc1)C[C@H]1OC[C@](O)(n2cnc3c(N)ncnc32)[C@@H]1O. The number of nitrogens with zero attached hydrogens (tertiary/aromatic N) is 6. The molecule has 1 saturated heterocycles. The summed E-state index contributed by atoms with van der Waals surface area (Å²) in [6, 6.07) is 7.64. The van der Waals surface area contributed by atoms with Crippen LogP contribution in [0.4, 0.5) is 16.3 Å². The summed E-state index contributed by atoms with van der Waals surface area (Å²) in [5.41, 5.74) is 6.73. The molecule has 3 atom stereocenters. The molecule has 0 aliphatic carbocycles. The Morgan fingerprint density at radius 1 is 1.22 bits per heavy atom. The average molecular weight is 513 g/mol. The van der Waals surface area contributed by atoms with Gasteiger partial charge in [-0.1, -0.05) is 32.9 Å². The predicted molar refractivity (Wildman–Crippen MR) is 140 cm³/mol. The Kier molecular flexibility index (Phi) is 7.38. The summed E-state index contributed by atoms with van der Waals surface area (Å²) in [6.07, 6.45) is 0.756. The highest BCUT2D eigenvalue weighted by Gasteiger charge is 2.50. The molecule has 0 radical (unpaired) electrons. The number of carbonyl (C=O) groups excluding carboxylic acids is 1. The zero-order valence-corrected chi connectivity index (χ0v) is 21.9. The number of imidazole rings is 1. The molecule has 12 nitrogen and oxygen atoms in total. The van der Waals surface area contributed by atoms with E-state index in [9.17, 15) is 15.0 Å². The van der Waals surface area contributed by atoms with Gasteiger partial charge in [-0.25, -0.2) is 19.7 Å². The van der Waals surface area contributed by atoms with Gasteiger partial charge in [0.25, 0.3) is 0 Å². The van der Waals surface area contributed by atoms with Gasteiger partial charge in [-0.15, -0.1) is 0 Å². The Balaban J connectivity index is 1.29. The molecule has 12 heteroatoms. The lowest BCUT2D eigenvalue weighted by Crippen LogP contribution is -2.48. The number of rotatable bonds is 7. The van der Waals surface area contributed by atoms with Crippen molar-refractivity contribution in [2.45, 2.75) is 44.1 Å². The number of aliphatic hydroxyl groups is 2. The Morgan fingerprint density at radius 2 is 1.92 bits per heavy atom. The zero-order chi connectivity index (χ0) is 27.0. The summed E-state index contributed by atoms with van der Waals surface area (Å²) in [6.45, 7) is 7.63. The molecule has 1 aromatic carbocycles. The third-order valence-electron chi connectivity index (χ3n) is 6.77.